The monoisotopic (exact) mass is 441 g/mol. The van der Waals surface area contributed by atoms with Gasteiger partial charge >= 0.3 is 0 Å². The van der Waals surface area contributed by atoms with E-state index in [1.54, 1.807) is 0 Å². The molecule has 0 N–H and O–H groups in total. The maximum atomic E-state index is 5.17. The maximum absolute atomic E-state index is 5.17. The summed E-state index contributed by atoms with van der Waals surface area (Å²) in [5.74, 6) is 0. The Kier molecular flexibility index (Phi) is 6.10. The van der Waals surface area contributed by atoms with Crippen molar-refractivity contribution in [1.29, 1.82) is 0 Å². The van der Waals surface area contributed by atoms with Crippen LogP contribution in [0.1, 0.15) is 41.5 Å². The second-order valence-electron chi connectivity index (χ2n) is 10.5. The van der Waals surface area contributed by atoms with Gasteiger partial charge in [-0.1, -0.05) is 72.8 Å². The Bertz CT molecular complexity index is 1170. The van der Waals surface area contributed by atoms with Crippen molar-refractivity contribution in [3.63, 3.8) is 0 Å². The van der Waals surface area contributed by atoms with Gasteiger partial charge in [-0.15, -0.1) is 0 Å². The first-order valence-corrected chi connectivity index (χ1v) is 12.8. The van der Waals surface area contributed by atoms with Gasteiger partial charge in [-0.3, -0.25) is 0 Å². The quantitative estimate of drug-likeness (QED) is 0.298. The van der Waals surface area contributed by atoms with Crippen LogP contribution in [-0.2, 0) is 0 Å². The predicted molar refractivity (Wildman–Crippen MR) is 142 cm³/mol. The minimum absolute atomic E-state index is 0.210. The third-order valence-corrected chi connectivity index (χ3v) is 9.71. The van der Waals surface area contributed by atoms with Crippen molar-refractivity contribution < 1.29 is 0 Å². The highest BCUT2D eigenvalue weighted by atomic mass is 31.1. The van der Waals surface area contributed by atoms with E-state index in [1.807, 2.05) is 0 Å². The fourth-order valence-electron chi connectivity index (χ4n) is 4.93. The van der Waals surface area contributed by atoms with Gasteiger partial charge in [0.1, 0.15) is 11.0 Å². The SMILES string of the molecule is CC(C)(C)[PH+](c1ccccc1-n1nc(-c2ccccc2)cc1-c1ccccc1)C(C)(C)C. The summed E-state index contributed by atoms with van der Waals surface area (Å²) in [7, 11) is -0.944. The molecule has 0 atom stereocenters. The van der Waals surface area contributed by atoms with E-state index in [0.29, 0.717) is 0 Å². The molecule has 0 aliphatic heterocycles. The highest BCUT2D eigenvalue weighted by Gasteiger charge is 2.45. The molecule has 3 aromatic carbocycles. The number of hydrogen-bond donors (Lipinski definition) is 0. The number of benzene rings is 3. The zero-order valence-electron chi connectivity index (χ0n) is 20.1. The van der Waals surface area contributed by atoms with Gasteiger partial charge in [-0.05, 0) is 59.7 Å². The van der Waals surface area contributed by atoms with Crippen LogP contribution in [0.5, 0.6) is 0 Å². The molecule has 0 aliphatic carbocycles. The summed E-state index contributed by atoms with van der Waals surface area (Å²) in [6.07, 6.45) is 0. The highest BCUT2D eigenvalue weighted by Crippen LogP contribution is 2.59. The molecular formula is C29H34N2P+. The van der Waals surface area contributed by atoms with E-state index in [-0.39, 0.29) is 10.3 Å². The van der Waals surface area contributed by atoms with Gasteiger partial charge in [-0.25, -0.2) is 4.68 Å². The first-order valence-electron chi connectivity index (χ1n) is 11.3. The van der Waals surface area contributed by atoms with Gasteiger partial charge in [-0.2, -0.15) is 5.10 Å². The number of aromatic nitrogens is 2. The van der Waals surface area contributed by atoms with Crippen molar-refractivity contribution in [3.8, 4) is 28.2 Å². The van der Waals surface area contributed by atoms with Crippen molar-refractivity contribution >= 4 is 13.2 Å². The van der Waals surface area contributed by atoms with Crippen LogP contribution in [0.25, 0.3) is 28.2 Å². The van der Waals surface area contributed by atoms with Crippen LogP contribution in [0.15, 0.2) is 91.0 Å². The lowest BCUT2D eigenvalue weighted by Gasteiger charge is -2.34. The Hall–Kier alpha value is -2.70. The molecule has 0 radical (unpaired) electrons. The molecule has 3 heteroatoms. The number of para-hydroxylation sites is 1. The Morgan fingerprint density at radius 3 is 1.69 bits per heavy atom. The van der Waals surface area contributed by atoms with Gasteiger partial charge in [0.25, 0.3) is 0 Å². The largest absolute Gasteiger partial charge is 0.228 e. The summed E-state index contributed by atoms with van der Waals surface area (Å²) >= 11 is 0. The van der Waals surface area contributed by atoms with E-state index in [0.717, 1.165) is 17.0 Å². The van der Waals surface area contributed by atoms with Gasteiger partial charge < -0.3 is 0 Å². The molecule has 0 amide bonds. The van der Waals surface area contributed by atoms with E-state index in [1.165, 1.54) is 16.6 Å². The molecule has 0 aliphatic rings. The third-order valence-electron chi connectivity index (χ3n) is 5.75. The molecule has 0 spiro atoms. The normalized spacial score (nSPS) is 12.3. The van der Waals surface area contributed by atoms with Crippen molar-refractivity contribution in [3.05, 3.63) is 91.0 Å². The standard InChI is InChI=1S/C29H33N2P/c1-28(2,3)32(29(4,5)6)27-20-14-13-19-25(27)31-26(23-17-11-8-12-18-23)21-24(30-31)22-15-9-7-10-16-22/h7-21H,1-6H3/p+1. The lowest BCUT2D eigenvalue weighted by molar-refractivity contribution is 0.714. The summed E-state index contributed by atoms with van der Waals surface area (Å²) in [4.78, 5) is 0. The molecule has 0 fully saturated rings. The molecule has 1 aromatic heterocycles. The number of nitrogens with zero attached hydrogens (tertiary/aromatic N) is 2. The van der Waals surface area contributed by atoms with E-state index >= 15 is 0 Å². The molecule has 0 saturated heterocycles. The van der Waals surface area contributed by atoms with Crippen molar-refractivity contribution in [2.24, 2.45) is 0 Å². The summed E-state index contributed by atoms with van der Waals surface area (Å²) in [5, 5.41) is 7.03. The first-order chi connectivity index (χ1) is 15.2. The average Bonchev–Trinajstić information content (AvgIpc) is 3.19. The van der Waals surface area contributed by atoms with Crippen LogP contribution in [0.2, 0.25) is 0 Å². The van der Waals surface area contributed by atoms with Crippen LogP contribution in [0.3, 0.4) is 0 Å². The average molecular weight is 442 g/mol. The van der Waals surface area contributed by atoms with E-state index < -0.39 is 7.92 Å². The first kappa shape index (κ1) is 22.5. The molecule has 0 saturated carbocycles. The maximum Gasteiger partial charge on any atom is 0.118 e. The molecule has 164 valence electrons. The molecule has 32 heavy (non-hydrogen) atoms. The van der Waals surface area contributed by atoms with Crippen LogP contribution >= 0.6 is 7.92 Å². The van der Waals surface area contributed by atoms with Crippen LogP contribution in [0, 0.1) is 0 Å². The number of rotatable bonds is 4. The molecule has 2 nitrogen and oxygen atoms in total. The van der Waals surface area contributed by atoms with E-state index in [2.05, 4.69) is 137 Å². The molecule has 4 aromatic rings. The van der Waals surface area contributed by atoms with Gasteiger partial charge in [0.2, 0.25) is 0 Å². The molecule has 4 rings (SSSR count). The minimum atomic E-state index is -0.944. The predicted octanol–water partition coefficient (Wildman–Crippen LogP) is 7.64. The summed E-state index contributed by atoms with van der Waals surface area (Å²) < 4.78 is 2.18. The Labute approximate surface area is 194 Å². The van der Waals surface area contributed by atoms with Crippen molar-refractivity contribution in [2.45, 2.75) is 51.9 Å². The van der Waals surface area contributed by atoms with Gasteiger partial charge in [0, 0.05) is 19.0 Å². The third kappa shape index (κ3) is 4.57. The molecule has 1 heterocycles. The summed E-state index contributed by atoms with van der Waals surface area (Å²) in [6.45, 7) is 14.3. The van der Waals surface area contributed by atoms with Crippen molar-refractivity contribution in [2.75, 3.05) is 0 Å². The zero-order chi connectivity index (χ0) is 22.9. The highest BCUT2D eigenvalue weighted by molar-refractivity contribution is 7.68. The second-order valence-corrected chi connectivity index (χ2v) is 14.7. The topological polar surface area (TPSA) is 17.8 Å². The summed E-state index contributed by atoms with van der Waals surface area (Å²) in [6, 6.07) is 32.2. The van der Waals surface area contributed by atoms with E-state index in [4.69, 9.17) is 5.10 Å². The Morgan fingerprint density at radius 2 is 1.12 bits per heavy atom. The van der Waals surface area contributed by atoms with Crippen LogP contribution < -0.4 is 5.30 Å². The van der Waals surface area contributed by atoms with Gasteiger partial charge in [0.15, 0.2) is 0 Å². The zero-order valence-corrected chi connectivity index (χ0v) is 21.1. The van der Waals surface area contributed by atoms with Crippen molar-refractivity contribution in [1.82, 2.24) is 9.78 Å². The minimum Gasteiger partial charge on any atom is -0.228 e. The molecule has 0 bridgehead atoms. The summed E-state index contributed by atoms with van der Waals surface area (Å²) in [5.41, 5.74) is 5.64. The fraction of sp³-hybridized carbons (Fsp3) is 0.276. The second kappa shape index (κ2) is 8.68. The number of hydrogen-bond acceptors (Lipinski definition) is 1. The fourth-order valence-corrected chi connectivity index (χ4v) is 9.51. The van der Waals surface area contributed by atoms with Crippen LogP contribution in [-0.4, -0.2) is 20.1 Å². The lowest BCUT2D eigenvalue weighted by Crippen LogP contribution is -2.32. The molecular weight excluding hydrogens is 407 g/mol. The van der Waals surface area contributed by atoms with Gasteiger partial charge in [0.05, 0.1) is 21.7 Å². The van der Waals surface area contributed by atoms with E-state index in [9.17, 15) is 0 Å². The lowest BCUT2D eigenvalue weighted by atomic mass is 10.1. The Morgan fingerprint density at radius 1 is 0.625 bits per heavy atom. The smallest absolute Gasteiger partial charge is 0.118 e. The van der Waals surface area contributed by atoms with Crippen LogP contribution in [0.4, 0.5) is 0 Å². The molecule has 0 unspecified atom stereocenters. The Balaban J connectivity index is 1.98.